The summed E-state index contributed by atoms with van der Waals surface area (Å²) >= 11 is 6.68. The van der Waals surface area contributed by atoms with Crippen molar-refractivity contribution in [1.29, 1.82) is 0 Å². The molecule has 0 spiro atoms. The third kappa shape index (κ3) is 237. The molecular weight excluding hydrogens is 1880 g/mol. The van der Waals surface area contributed by atoms with E-state index in [1.807, 2.05) is 0 Å². The van der Waals surface area contributed by atoms with Crippen LogP contribution < -0.4 is 21.3 Å². The molecule has 0 saturated carbocycles. The fourth-order valence-corrected chi connectivity index (χ4v) is 13.2. The van der Waals surface area contributed by atoms with E-state index >= 15 is 0 Å². The van der Waals surface area contributed by atoms with Gasteiger partial charge in [-0.15, -0.1) is 0 Å². The molecule has 24 nitrogen and oxygen atoms in total. The van der Waals surface area contributed by atoms with Gasteiger partial charge in [-0.25, -0.2) is 28.8 Å². The zero-order valence-electron chi connectivity index (χ0n) is 66.4. The number of urea groups is 1. The van der Waals surface area contributed by atoms with Gasteiger partial charge in [0, 0.05) is 168 Å². The van der Waals surface area contributed by atoms with Crippen molar-refractivity contribution >= 4 is 195 Å². The Kier molecular flexibility index (Phi) is 385. The van der Waals surface area contributed by atoms with Crippen molar-refractivity contribution in [3.8, 4) is 0 Å². The molecule has 0 rings (SSSR count). The number of nitrogens with one attached hydrogen (secondary N) is 4. The number of ketones is 4. The summed E-state index contributed by atoms with van der Waals surface area (Å²) in [6.07, 6.45) is 9.61. The van der Waals surface area contributed by atoms with Gasteiger partial charge >= 0.3 is 36.0 Å². The molecule has 0 heterocycles. The Balaban J connectivity index is -0.0000000203. The molecule has 0 fully saturated rings. The monoisotopic (exact) mass is 2120 g/mol. The van der Waals surface area contributed by atoms with Crippen LogP contribution in [0.25, 0.3) is 0 Å². The standard InChI is InChI=1S/C9H18N2O3Si.C9H17NO4Si.C8H14O3SSi.C7H14O3Si.C6H11ClOSi.2C6H13NOSi.2C6H12OSi.C5H10OSi.28CH4/c1-7(2)8(12)14-5-4-10-9(13)11-6-15-3;1-7(2)8(11)13-4-5-14-9(12)10-6-15-3;1-3-7(9)11-5-4-8(10)12-6-13-2;1-3-7(8)10-5-4-9-6-11-2;1-5(7)6(8)3-4-9-2;1-5(2)6(8)7-4-9-3;1-4-6(8)7(2)5-9-3;2*1-5(2)6(7)4-8-3;1-3-5(6)4-7-2;;;;;;;;;;;;;;;;;;;;;;;;;;;;/h1,4-6,15H2,2-3H3,(H2,10,11,13);1,4-6,15H2,2-3H3,(H,10,12);3H,1,4-6,13H2,2H3;3H,1,4-6,11H2,2H3;1,3-4,9H2,2H3;1,4,9H2,2-3H3,(H,7,8);4H,1,5,9H2,2-3H3;2*1,4,8H2,2-3H3;3H,1,4,7H2,2H3;28*1H4. The van der Waals surface area contributed by atoms with E-state index in [-0.39, 0.29) is 387 Å². The maximum atomic E-state index is 11.0. The first kappa shape index (κ1) is 254. The summed E-state index contributed by atoms with van der Waals surface area (Å²) in [4.78, 5) is 141. The predicted molar refractivity (Wildman–Crippen MR) is 654 cm³/mol. The van der Waals surface area contributed by atoms with Crippen LogP contribution in [0.15, 0.2) is 123 Å². The van der Waals surface area contributed by atoms with Crippen LogP contribution in [0.4, 0.5) is 9.59 Å². The molecule has 5 amide bonds. The van der Waals surface area contributed by atoms with E-state index in [1.54, 1.807) is 46.6 Å². The number of likely N-dealkylation sites (N-methyl/N-ethyl adjacent to an activating group) is 1. The number of carbonyl (C=O) groups is 13. The fraction of sp³-hybridized carbons (Fsp3) is 0.656. The van der Waals surface area contributed by atoms with Crippen LogP contribution in [0.5, 0.6) is 0 Å². The molecule has 0 aliphatic carbocycles. The summed E-state index contributed by atoms with van der Waals surface area (Å²) in [6, 6.07) is 3.19. The van der Waals surface area contributed by atoms with Crippen LogP contribution in [0.1, 0.15) is 255 Å². The van der Waals surface area contributed by atoms with Crippen LogP contribution >= 0.6 is 23.4 Å². The number of alkyl carbamates (subject to hydrolysis) is 1. The van der Waals surface area contributed by atoms with E-state index in [2.05, 4.69) is 162 Å². The number of Topliss-reactive ketones (excluding diaryl/α,β-unsaturated/α-hetero) is 3. The number of allylic oxidation sites excluding steroid dienone is 4. The number of halogens is 1. The Bertz CT molecular complexity index is 2480. The van der Waals surface area contributed by atoms with Gasteiger partial charge in [-0.3, -0.25) is 33.6 Å². The molecule has 0 bridgehead atoms. The van der Waals surface area contributed by atoms with Gasteiger partial charge in [-0.2, -0.15) is 0 Å². The minimum atomic E-state index is -0.472. The predicted octanol–water partition coefficient (Wildman–Crippen LogP) is 20.7. The number of hydrogen-bond acceptors (Lipinski definition) is 20. The van der Waals surface area contributed by atoms with Crippen molar-refractivity contribution in [3.05, 3.63) is 123 Å². The molecular formula is C96H246ClN5O19SSi10. The fourth-order valence-electron chi connectivity index (χ4n) is 5.18. The summed E-state index contributed by atoms with van der Waals surface area (Å²) in [5, 5.41) is 11.9. The summed E-state index contributed by atoms with van der Waals surface area (Å²) in [5.41, 5.74) is 2.70. The van der Waals surface area contributed by atoms with Crippen molar-refractivity contribution in [2.24, 2.45) is 0 Å². The Labute approximate surface area is 863 Å². The molecule has 0 aromatic carbocycles. The van der Waals surface area contributed by atoms with Gasteiger partial charge in [0.25, 0.3) is 0 Å². The molecule has 0 radical (unpaired) electrons. The minimum absolute atomic E-state index is 0. The number of nitrogens with zero attached hydrogens (tertiary/aromatic N) is 1. The molecule has 822 valence electrons. The van der Waals surface area contributed by atoms with Crippen molar-refractivity contribution in [2.75, 3.05) is 89.5 Å². The Morgan fingerprint density at radius 1 is 0.356 bits per heavy atom. The molecule has 0 aromatic rings. The van der Waals surface area contributed by atoms with E-state index in [0.29, 0.717) is 66.6 Å². The molecule has 0 aromatic heterocycles. The molecule has 0 atom stereocenters. The first-order valence-corrected chi connectivity index (χ1v) is 60.5. The smallest absolute Gasteiger partial charge is 0.406 e. The Hall–Kier alpha value is -6.12. The molecule has 36 heteroatoms. The van der Waals surface area contributed by atoms with Gasteiger partial charge in [0.15, 0.2) is 28.2 Å². The number of rotatable bonds is 43. The van der Waals surface area contributed by atoms with Gasteiger partial charge in [-0.05, 0) is 81.4 Å². The van der Waals surface area contributed by atoms with E-state index in [4.69, 9.17) is 30.5 Å². The SMILES string of the molecule is C.C.C.C.C.C.C.C.C.C.C.C.C.C.C.C.C.C.C.C.C.C.C.C.C.C.C.C.C=C(C)C(=O)C[SiH2]C.C=C(C)C(=O)C[SiH2]C.C=C(C)C(=O)NC[SiH2]C.C=C(C)C(=O)OCCNC(=O)NC[SiH2]C.C=C(C)C(=O)OCCOC(=O)NC[SiH2]C.C=C(Cl)C(=O)CC[SiH2]C.C=CC(=O)C[SiH2]C.C=CC(=O)N(C)C[SiH2]C.C=CC(=O)OCCC(=O)SC[SiH2]C.C=CC(=O)OCCOC[SiH2]C. The minimum Gasteiger partial charge on any atom is -0.462 e. The lowest BCUT2D eigenvalue weighted by Gasteiger charge is -2.12. The number of thioether (sulfide) groups is 1. The van der Waals surface area contributed by atoms with E-state index < -0.39 is 24.0 Å². The highest BCUT2D eigenvalue weighted by molar-refractivity contribution is 8.14. The van der Waals surface area contributed by atoms with Gasteiger partial charge in [0.1, 0.15) is 26.4 Å². The molecule has 0 aliphatic rings. The Morgan fingerprint density at radius 3 is 1.00 bits per heavy atom. The van der Waals surface area contributed by atoms with Gasteiger partial charge in [0.05, 0.1) is 31.2 Å². The summed E-state index contributed by atoms with van der Waals surface area (Å²) in [6.45, 7) is 65.4. The molecule has 132 heavy (non-hydrogen) atoms. The van der Waals surface area contributed by atoms with Crippen molar-refractivity contribution < 1.29 is 90.8 Å². The highest BCUT2D eigenvalue weighted by Gasteiger charge is 2.08. The first-order chi connectivity index (χ1) is 48.9. The van der Waals surface area contributed by atoms with Crippen LogP contribution in [0, 0.1) is 0 Å². The maximum Gasteiger partial charge on any atom is 0.406 e. The third-order valence-corrected chi connectivity index (χ3v) is 22.0. The lowest BCUT2D eigenvalue weighted by Crippen LogP contribution is -2.39. The lowest BCUT2D eigenvalue weighted by atomic mass is 10.2. The highest BCUT2D eigenvalue weighted by atomic mass is 35.5. The summed E-state index contributed by atoms with van der Waals surface area (Å²) < 4.78 is 28.7. The third-order valence-electron chi connectivity index (χ3n) is 10.8. The van der Waals surface area contributed by atoms with E-state index in [1.165, 1.54) is 23.9 Å². The zero-order valence-corrected chi connectivity index (χ0v) is 82.1. The number of ether oxygens (including phenoxy) is 6. The quantitative estimate of drug-likeness (QED) is 0.0145. The van der Waals surface area contributed by atoms with Crippen LogP contribution in [-0.4, -0.2) is 266 Å². The van der Waals surface area contributed by atoms with Crippen molar-refractivity contribution in [1.82, 2.24) is 26.2 Å². The second-order valence-electron chi connectivity index (χ2n) is 21.7. The van der Waals surface area contributed by atoms with Gasteiger partial charge < -0.3 is 54.6 Å². The second kappa shape index (κ2) is 200. The number of hydrogen-bond donors (Lipinski definition) is 4. The maximum absolute atomic E-state index is 11.0. The topological polar surface area (TPSA) is 329 Å². The average Bonchev–Trinajstić information content (AvgIpc) is 1.00. The summed E-state index contributed by atoms with van der Waals surface area (Å²) in [5.74, 6) is -1.03. The number of amides is 5. The highest BCUT2D eigenvalue weighted by Crippen LogP contribution is 2.05. The van der Waals surface area contributed by atoms with Crippen molar-refractivity contribution in [3.63, 3.8) is 0 Å². The largest absolute Gasteiger partial charge is 0.462 e. The van der Waals surface area contributed by atoms with Crippen LogP contribution in [0.3, 0.4) is 0 Å². The zero-order chi connectivity index (χ0) is 82.7. The normalized spacial score (nSPS) is 7.98. The van der Waals surface area contributed by atoms with E-state index in [9.17, 15) is 62.3 Å². The molecule has 0 aliphatic heterocycles. The Morgan fingerprint density at radius 2 is 0.712 bits per heavy atom. The molecule has 0 saturated heterocycles. The number of esters is 4. The van der Waals surface area contributed by atoms with Crippen LogP contribution in [-0.2, 0) is 81.2 Å². The second-order valence-corrected chi connectivity index (χ2v) is 39.1. The summed E-state index contributed by atoms with van der Waals surface area (Å²) in [7, 11) is 1.11. The van der Waals surface area contributed by atoms with Gasteiger partial charge in [0.2, 0.25) is 11.8 Å². The van der Waals surface area contributed by atoms with Crippen molar-refractivity contribution in [2.45, 2.75) is 345 Å². The molecule has 0 unspecified atom stereocenters. The first-order valence-electron chi connectivity index (χ1n) is 35.0. The van der Waals surface area contributed by atoms with Gasteiger partial charge in [-0.1, -0.05) is 369 Å². The lowest BCUT2D eigenvalue weighted by molar-refractivity contribution is -0.140. The number of carbonyl (C=O) groups excluding carboxylic acids is 13. The van der Waals surface area contributed by atoms with E-state index in [0.717, 1.165) is 66.4 Å². The molecule has 4 N–H and O–H groups in total. The van der Waals surface area contributed by atoms with Crippen LogP contribution in [0.2, 0.25) is 89.6 Å². The average molecular weight is 2120 g/mol.